The number of nitrogens with zero attached hydrogens (tertiary/aromatic N) is 1. The molecular formula is C15H14F3IN2O5. The maximum Gasteiger partial charge on any atom is 0.573 e. The molecule has 0 radical (unpaired) electrons. The maximum atomic E-state index is 12.6. The molecule has 1 amide bonds. The van der Waals surface area contributed by atoms with Crippen LogP contribution >= 0.6 is 22.6 Å². The van der Waals surface area contributed by atoms with E-state index >= 15 is 0 Å². The Labute approximate surface area is 159 Å². The minimum atomic E-state index is -4.93. The molecule has 0 unspecified atom stereocenters. The number of benzene rings is 1. The third kappa shape index (κ3) is 4.78. The van der Waals surface area contributed by atoms with Crippen LogP contribution in [0.2, 0.25) is 0 Å². The molecule has 11 heteroatoms. The van der Waals surface area contributed by atoms with E-state index in [1.54, 1.807) is 0 Å². The van der Waals surface area contributed by atoms with Crippen LogP contribution in [0.15, 0.2) is 29.5 Å². The van der Waals surface area contributed by atoms with Gasteiger partial charge >= 0.3 is 12.3 Å². The van der Waals surface area contributed by atoms with Gasteiger partial charge in [-0.2, -0.15) is 0 Å². The number of aliphatic hydroxyl groups is 1. The van der Waals surface area contributed by atoms with Gasteiger partial charge in [0, 0.05) is 10.1 Å². The monoisotopic (exact) mass is 486 g/mol. The highest BCUT2D eigenvalue weighted by Crippen LogP contribution is 2.34. The van der Waals surface area contributed by atoms with Gasteiger partial charge in [-0.25, -0.2) is 4.79 Å². The third-order valence-corrected chi connectivity index (χ3v) is 4.05. The second-order valence-electron chi connectivity index (χ2n) is 5.11. The summed E-state index contributed by atoms with van der Waals surface area (Å²) in [4.78, 5) is 25.5. The van der Waals surface area contributed by atoms with Crippen molar-refractivity contribution in [2.24, 2.45) is 0 Å². The molecule has 2 rings (SSSR count). The summed E-state index contributed by atoms with van der Waals surface area (Å²) in [5.74, 6) is -1.99. The van der Waals surface area contributed by atoms with Crippen molar-refractivity contribution >= 4 is 40.2 Å². The summed E-state index contributed by atoms with van der Waals surface area (Å²) in [5.41, 5.74) is -0.417. The molecule has 1 aromatic rings. The van der Waals surface area contributed by atoms with Crippen molar-refractivity contribution in [3.05, 3.63) is 33.0 Å². The van der Waals surface area contributed by atoms with Crippen LogP contribution in [0.5, 0.6) is 5.75 Å². The first-order valence-electron chi connectivity index (χ1n) is 7.20. The number of hydrogen-bond donors (Lipinski definition) is 2. The number of β-amino-alcohol motifs (C(OH)–C–C–N with tert-alkyl or cyclic N) is 1. The molecular weight excluding hydrogens is 472 g/mol. The Balaban J connectivity index is 2.40. The fraction of sp³-hybridized carbons (Fsp3) is 0.333. The lowest BCUT2D eigenvalue weighted by molar-refractivity contribution is -0.274. The summed E-state index contributed by atoms with van der Waals surface area (Å²) < 4.78 is 47.0. The summed E-state index contributed by atoms with van der Waals surface area (Å²) in [6.45, 7) is -0.503. The van der Waals surface area contributed by atoms with Crippen molar-refractivity contribution in [3.63, 3.8) is 0 Å². The smallest absolute Gasteiger partial charge is 0.466 e. The minimum Gasteiger partial charge on any atom is -0.466 e. The molecule has 0 saturated heterocycles. The van der Waals surface area contributed by atoms with Crippen LogP contribution in [0.4, 0.5) is 18.9 Å². The van der Waals surface area contributed by atoms with Gasteiger partial charge in [0.05, 0.1) is 31.5 Å². The van der Waals surface area contributed by atoms with Crippen LogP contribution in [-0.4, -0.2) is 55.1 Å². The van der Waals surface area contributed by atoms with Gasteiger partial charge < -0.3 is 24.8 Å². The zero-order valence-electron chi connectivity index (χ0n) is 13.4. The zero-order chi connectivity index (χ0) is 19.5. The van der Waals surface area contributed by atoms with Crippen LogP contribution in [0.1, 0.15) is 0 Å². The first kappa shape index (κ1) is 20.3. The summed E-state index contributed by atoms with van der Waals surface area (Å²) >= 11 is 1.81. The maximum absolute atomic E-state index is 12.6. The van der Waals surface area contributed by atoms with Crippen LogP contribution in [0, 0.1) is 3.57 Å². The highest BCUT2D eigenvalue weighted by molar-refractivity contribution is 14.1. The topological polar surface area (TPSA) is 88.1 Å². The van der Waals surface area contributed by atoms with Crippen molar-refractivity contribution in [2.45, 2.75) is 6.36 Å². The van der Waals surface area contributed by atoms with Crippen LogP contribution in [-0.2, 0) is 14.3 Å². The van der Waals surface area contributed by atoms with E-state index in [-0.39, 0.29) is 36.7 Å². The molecule has 0 saturated carbocycles. The number of nitrogens with one attached hydrogen (secondary N) is 1. The highest BCUT2D eigenvalue weighted by atomic mass is 127. The number of anilines is 1. The average molecular weight is 486 g/mol. The van der Waals surface area contributed by atoms with E-state index in [9.17, 15) is 22.8 Å². The summed E-state index contributed by atoms with van der Waals surface area (Å²) in [5, 5.41) is 11.6. The molecule has 2 N–H and O–H groups in total. The molecule has 1 aliphatic heterocycles. The molecule has 142 valence electrons. The number of methoxy groups -OCH3 is 1. The normalized spacial score (nSPS) is 14.7. The molecule has 26 heavy (non-hydrogen) atoms. The van der Waals surface area contributed by atoms with Crippen LogP contribution in [0.3, 0.4) is 0 Å². The van der Waals surface area contributed by atoms with Crippen molar-refractivity contribution < 1.29 is 37.3 Å². The summed E-state index contributed by atoms with van der Waals surface area (Å²) in [6.07, 6.45) is -4.93. The fourth-order valence-corrected chi connectivity index (χ4v) is 2.75. The standard InChI is InChI=1S/C15H14F3IN2O5/c1-25-14(24)9-7-21(4-5-22)13(23)12(9)20-10-3-2-8(19)6-11(10)26-15(16,17)18/h2-3,6,20,22H,4-5,7H2,1H3. The van der Waals surface area contributed by atoms with Crippen molar-refractivity contribution in [1.29, 1.82) is 0 Å². The fourth-order valence-electron chi connectivity index (χ4n) is 2.29. The van der Waals surface area contributed by atoms with Gasteiger partial charge in [0.1, 0.15) is 5.70 Å². The van der Waals surface area contributed by atoms with E-state index in [4.69, 9.17) is 5.11 Å². The number of carbonyl (C=O) groups excluding carboxylic acids is 2. The summed E-state index contributed by atoms with van der Waals surface area (Å²) in [6, 6.07) is 3.95. The van der Waals surface area contributed by atoms with Gasteiger partial charge in [0.25, 0.3) is 5.91 Å². The van der Waals surface area contributed by atoms with E-state index in [2.05, 4.69) is 14.8 Å². The number of alkyl halides is 3. The molecule has 0 spiro atoms. The molecule has 0 bridgehead atoms. The average Bonchev–Trinajstić information content (AvgIpc) is 2.85. The van der Waals surface area contributed by atoms with Gasteiger partial charge in [-0.05, 0) is 40.8 Å². The second kappa shape index (κ2) is 8.12. The molecule has 1 aliphatic rings. The first-order valence-corrected chi connectivity index (χ1v) is 8.28. The lowest BCUT2D eigenvalue weighted by atomic mass is 10.2. The van der Waals surface area contributed by atoms with E-state index in [1.807, 2.05) is 22.6 Å². The van der Waals surface area contributed by atoms with E-state index in [0.717, 1.165) is 13.2 Å². The molecule has 1 heterocycles. The lowest BCUT2D eigenvalue weighted by Crippen LogP contribution is -2.31. The Hall–Kier alpha value is -2.02. The number of carbonyl (C=O) groups is 2. The van der Waals surface area contributed by atoms with E-state index in [1.165, 1.54) is 17.0 Å². The van der Waals surface area contributed by atoms with Crippen molar-refractivity contribution in [1.82, 2.24) is 4.90 Å². The molecule has 7 nitrogen and oxygen atoms in total. The number of amides is 1. The molecule has 0 fully saturated rings. The quantitative estimate of drug-likeness (QED) is 0.472. The zero-order valence-corrected chi connectivity index (χ0v) is 15.6. The first-order chi connectivity index (χ1) is 12.2. The third-order valence-electron chi connectivity index (χ3n) is 3.38. The van der Waals surface area contributed by atoms with E-state index < -0.39 is 24.0 Å². The SMILES string of the molecule is COC(=O)C1=C(Nc2ccc(I)cc2OC(F)(F)F)C(=O)N(CCO)C1. The second-order valence-corrected chi connectivity index (χ2v) is 6.35. The van der Waals surface area contributed by atoms with Gasteiger partial charge in [0.15, 0.2) is 5.75 Å². The lowest BCUT2D eigenvalue weighted by Gasteiger charge is -2.17. The number of aliphatic hydroxyl groups excluding tert-OH is 1. The van der Waals surface area contributed by atoms with Gasteiger partial charge in [-0.15, -0.1) is 13.2 Å². The number of esters is 1. The number of hydrogen-bond acceptors (Lipinski definition) is 6. The summed E-state index contributed by atoms with van der Waals surface area (Å²) in [7, 11) is 1.12. The van der Waals surface area contributed by atoms with Crippen molar-refractivity contribution in [2.75, 3.05) is 32.1 Å². The Morgan fingerprint density at radius 3 is 2.69 bits per heavy atom. The molecule has 1 aromatic carbocycles. The van der Waals surface area contributed by atoms with Crippen LogP contribution < -0.4 is 10.1 Å². The van der Waals surface area contributed by atoms with Gasteiger partial charge in [-0.3, -0.25) is 4.79 Å². The Morgan fingerprint density at radius 1 is 1.42 bits per heavy atom. The Kier molecular flexibility index (Phi) is 6.34. The van der Waals surface area contributed by atoms with E-state index in [0.29, 0.717) is 3.57 Å². The van der Waals surface area contributed by atoms with Gasteiger partial charge in [0.2, 0.25) is 0 Å². The molecule has 0 atom stereocenters. The highest BCUT2D eigenvalue weighted by Gasteiger charge is 2.36. The predicted molar refractivity (Wildman–Crippen MR) is 92.2 cm³/mol. The predicted octanol–water partition coefficient (Wildman–Crippen LogP) is 1.86. The van der Waals surface area contributed by atoms with Crippen LogP contribution in [0.25, 0.3) is 0 Å². The van der Waals surface area contributed by atoms with Gasteiger partial charge in [-0.1, -0.05) is 0 Å². The Morgan fingerprint density at radius 2 is 2.12 bits per heavy atom. The molecule has 0 aromatic heterocycles. The number of halogens is 4. The van der Waals surface area contributed by atoms with Crippen molar-refractivity contribution in [3.8, 4) is 5.75 Å². The molecule has 0 aliphatic carbocycles. The number of ether oxygens (including phenoxy) is 2. The minimum absolute atomic E-state index is 0.0386. The Bertz CT molecular complexity index is 751. The number of rotatable bonds is 6. The largest absolute Gasteiger partial charge is 0.573 e.